The van der Waals surface area contributed by atoms with Crippen LogP contribution in [0, 0.1) is 0 Å². The lowest BCUT2D eigenvalue weighted by Gasteiger charge is -2.08. The third-order valence-corrected chi connectivity index (χ3v) is 3.97. The average Bonchev–Trinajstić information content (AvgIpc) is 2.56. The largest absolute Gasteiger partial charge is 0.326 e. The molecule has 1 aliphatic heterocycles. The Hall–Kier alpha value is -1.56. The molecule has 0 fully saturated rings. The van der Waals surface area contributed by atoms with Gasteiger partial charge in [-0.15, -0.1) is 0 Å². The van der Waals surface area contributed by atoms with Gasteiger partial charge in [-0.05, 0) is 30.2 Å². The fourth-order valence-corrected chi connectivity index (χ4v) is 2.92. The molecule has 92 valence electrons. The molecular formula is C11H14N2O3S. The van der Waals surface area contributed by atoms with Crippen molar-refractivity contribution >= 4 is 27.3 Å². The van der Waals surface area contributed by atoms with E-state index < -0.39 is 10.0 Å². The number of hydrogen-bond donors (Lipinski definition) is 2. The van der Waals surface area contributed by atoms with E-state index >= 15 is 0 Å². The Balaban J connectivity index is 2.20. The highest BCUT2D eigenvalue weighted by Crippen LogP contribution is 2.26. The highest BCUT2D eigenvalue weighted by molar-refractivity contribution is 7.92. The molecule has 0 atom stereocenters. The van der Waals surface area contributed by atoms with Crippen LogP contribution in [0.4, 0.5) is 11.4 Å². The van der Waals surface area contributed by atoms with Crippen LogP contribution >= 0.6 is 0 Å². The molecule has 0 radical (unpaired) electrons. The summed E-state index contributed by atoms with van der Waals surface area (Å²) in [6.45, 7) is 1.81. The molecule has 0 bridgehead atoms. The Morgan fingerprint density at radius 3 is 2.88 bits per heavy atom. The summed E-state index contributed by atoms with van der Waals surface area (Å²) in [6, 6.07) is 5.06. The van der Waals surface area contributed by atoms with E-state index in [1.165, 1.54) is 0 Å². The van der Waals surface area contributed by atoms with Crippen molar-refractivity contribution in [2.24, 2.45) is 0 Å². The number of sulfonamides is 1. The molecule has 0 aliphatic carbocycles. The van der Waals surface area contributed by atoms with E-state index in [1.54, 1.807) is 18.2 Å². The molecule has 0 aromatic heterocycles. The lowest BCUT2D eigenvalue weighted by Crippen LogP contribution is -2.16. The number of hydrogen-bond acceptors (Lipinski definition) is 3. The number of fused-ring (bicyclic) bond motifs is 1. The van der Waals surface area contributed by atoms with Gasteiger partial charge in [-0.1, -0.05) is 6.92 Å². The number of carbonyl (C=O) groups excluding carboxylic acids is 1. The Morgan fingerprint density at radius 1 is 1.41 bits per heavy atom. The van der Waals surface area contributed by atoms with Crippen LogP contribution in [0.2, 0.25) is 0 Å². The van der Waals surface area contributed by atoms with E-state index in [9.17, 15) is 13.2 Å². The van der Waals surface area contributed by atoms with Crippen LogP contribution in [0.1, 0.15) is 18.9 Å². The van der Waals surface area contributed by atoms with E-state index in [0.29, 0.717) is 18.5 Å². The Bertz CT molecular complexity index is 552. The van der Waals surface area contributed by atoms with E-state index in [1.807, 2.05) is 6.92 Å². The first-order valence-corrected chi connectivity index (χ1v) is 7.08. The summed E-state index contributed by atoms with van der Waals surface area (Å²) in [4.78, 5) is 11.1. The number of benzene rings is 1. The zero-order valence-electron chi connectivity index (χ0n) is 9.49. The van der Waals surface area contributed by atoms with Crippen LogP contribution in [-0.4, -0.2) is 20.1 Å². The number of rotatable bonds is 4. The van der Waals surface area contributed by atoms with Gasteiger partial charge in [0, 0.05) is 11.4 Å². The number of nitrogens with one attached hydrogen (secondary N) is 2. The van der Waals surface area contributed by atoms with Gasteiger partial charge in [0.2, 0.25) is 15.9 Å². The Kier molecular flexibility index (Phi) is 3.06. The minimum atomic E-state index is -3.27. The molecule has 0 spiro atoms. The second-order valence-corrected chi connectivity index (χ2v) is 5.86. The first-order valence-electron chi connectivity index (χ1n) is 5.43. The molecule has 1 heterocycles. The van der Waals surface area contributed by atoms with Gasteiger partial charge in [-0.2, -0.15) is 0 Å². The summed E-state index contributed by atoms with van der Waals surface area (Å²) in [5.41, 5.74) is 2.09. The van der Waals surface area contributed by atoms with E-state index in [4.69, 9.17) is 0 Å². The maximum atomic E-state index is 11.6. The normalized spacial score (nSPS) is 14.3. The van der Waals surface area contributed by atoms with Gasteiger partial charge in [0.1, 0.15) is 0 Å². The Labute approximate surface area is 100 Å². The van der Waals surface area contributed by atoms with Crippen molar-refractivity contribution in [3.8, 4) is 0 Å². The van der Waals surface area contributed by atoms with Crippen molar-refractivity contribution in [3.05, 3.63) is 23.8 Å². The molecule has 2 rings (SSSR count). The zero-order chi connectivity index (χ0) is 12.5. The maximum Gasteiger partial charge on any atom is 0.232 e. The van der Waals surface area contributed by atoms with E-state index in [0.717, 1.165) is 11.3 Å². The third kappa shape index (κ3) is 2.76. The molecule has 1 aromatic carbocycles. The molecule has 2 N–H and O–H groups in total. The van der Waals surface area contributed by atoms with Crippen molar-refractivity contribution in [1.82, 2.24) is 0 Å². The molecule has 1 aromatic rings. The third-order valence-electron chi connectivity index (χ3n) is 2.48. The van der Waals surface area contributed by atoms with Crippen LogP contribution in [0.3, 0.4) is 0 Å². The molecule has 0 saturated carbocycles. The molecule has 5 nitrogen and oxygen atoms in total. The Morgan fingerprint density at radius 2 is 2.18 bits per heavy atom. The van der Waals surface area contributed by atoms with Gasteiger partial charge in [0.05, 0.1) is 12.2 Å². The quantitative estimate of drug-likeness (QED) is 0.851. The molecule has 17 heavy (non-hydrogen) atoms. The number of anilines is 2. The summed E-state index contributed by atoms with van der Waals surface area (Å²) in [5.74, 6) is 0.0370. The molecule has 0 unspecified atom stereocenters. The molecule has 1 aliphatic rings. The standard InChI is InChI=1S/C11H14N2O3S/c1-2-5-17(15,16)13-9-3-4-10-8(6-9)7-11(14)12-10/h3-4,6,13H,2,5,7H2,1H3,(H,12,14). The fraction of sp³-hybridized carbons (Fsp3) is 0.364. The first-order chi connectivity index (χ1) is 8.00. The van der Waals surface area contributed by atoms with Gasteiger partial charge in [-0.3, -0.25) is 9.52 Å². The van der Waals surface area contributed by atoms with Crippen LogP contribution < -0.4 is 10.0 Å². The highest BCUT2D eigenvalue weighted by Gasteiger charge is 2.18. The predicted molar refractivity (Wildman–Crippen MR) is 66.5 cm³/mol. The van der Waals surface area contributed by atoms with Crippen molar-refractivity contribution in [3.63, 3.8) is 0 Å². The molecular weight excluding hydrogens is 240 g/mol. The molecule has 6 heteroatoms. The topological polar surface area (TPSA) is 75.3 Å². The molecule has 1 amide bonds. The van der Waals surface area contributed by atoms with Gasteiger partial charge in [-0.25, -0.2) is 8.42 Å². The second-order valence-electron chi connectivity index (χ2n) is 4.02. The maximum absolute atomic E-state index is 11.6. The van der Waals surface area contributed by atoms with Crippen LogP contribution in [-0.2, 0) is 21.2 Å². The lowest BCUT2D eigenvalue weighted by molar-refractivity contribution is -0.115. The van der Waals surface area contributed by atoms with Crippen molar-refractivity contribution < 1.29 is 13.2 Å². The van der Waals surface area contributed by atoms with E-state index in [-0.39, 0.29) is 11.7 Å². The smallest absolute Gasteiger partial charge is 0.232 e. The van der Waals surface area contributed by atoms with Gasteiger partial charge < -0.3 is 5.32 Å². The summed E-state index contributed by atoms with van der Waals surface area (Å²) in [7, 11) is -3.27. The van der Waals surface area contributed by atoms with Crippen LogP contribution in [0.5, 0.6) is 0 Å². The highest BCUT2D eigenvalue weighted by atomic mass is 32.2. The van der Waals surface area contributed by atoms with Crippen molar-refractivity contribution in [2.45, 2.75) is 19.8 Å². The zero-order valence-corrected chi connectivity index (χ0v) is 10.3. The van der Waals surface area contributed by atoms with Crippen molar-refractivity contribution in [1.29, 1.82) is 0 Å². The average molecular weight is 254 g/mol. The second kappa shape index (κ2) is 4.37. The summed E-state index contributed by atoms with van der Waals surface area (Å²) in [6.07, 6.45) is 0.874. The number of amides is 1. The first kappa shape index (κ1) is 11.9. The summed E-state index contributed by atoms with van der Waals surface area (Å²) in [5, 5.41) is 2.70. The van der Waals surface area contributed by atoms with Crippen LogP contribution in [0.15, 0.2) is 18.2 Å². The summed E-state index contributed by atoms with van der Waals surface area (Å²) >= 11 is 0. The minimum Gasteiger partial charge on any atom is -0.326 e. The monoisotopic (exact) mass is 254 g/mol. The fourth-order valence-electron chi connectivity index (χ4n) is 1.79. The van der Waals surface area contributed by atoms with E-state index in [2.05, 4.69) is 10.0 Å². The number of carbonyl (C=O) groups is 1. The van der Waals surface area contributed by atoms with Gasteiger partial charge in [0.25, 0.3) is 0 Å². The van der Waals surface area contributed by atoms with Gasteiger partial charge >= 0.3 is 0 Å². The SMILES string of the molecule is CCCS(=O)(=O)Nc1ccc2c(c1)CC(=O)N2. The minimum absolute atomic E-state index is 0.0615. The lowest BCUT2D eigenvalue weighted by atomic mass is 10.1. The predicted octanol–water partition coefficient (Wildman–Crippen LogP) is 1.33. The van der Waals surface area contributed by atoms with Crippen LogP contribution in [0.25, 0.3) is 0 Å². The summed E-state index contributed by atoms with van der Waals surface area (Å²) < 4.78 is 25.6. The molecule has 0 saturated heterocycles. The van der Waals surface area contributed by atoms with Gasteiger partial charge in [0.15, 0.2) is 0 Å². The van der Waals surface area contributed by atoms with Crippen molar-refractivity contribution in [2.75, 3.05) is 15.8 Å².